The number of halogens is 2. The Hall–Kier alpha value is -1.84. The molecular formula is C15H11Cl2NO2. The Labute approximate surface area is 126 Å². The lowest BCUT2D eigenvalue weighted by molar-refractivity contribution is 0.0601. The van der Waals surface area contributed by atoms with E-state index in [1.807, 2.05) is 0 Å². The van der Waals surface area contributed by atoms with Crippen molar-refractivity contribution in [2.24, 2.45) is 4.99 Å². The summed E-state index contributed by atoms with van der Waals surface area (Å²) in [5.74, 6) is -0.369. The summed E-state index contributed by atoms with van der Waals surface area (Å²) in [4.78, 5) is 15.6. The highest BCUT2D eigenvalue weighted by atomic mass is 35.5. The molecule has 0 aromatic heterocycles. The van der Waals surface area contributed by atoms with Crippen LogP contribution in [0.25, 0.3) is 0 Å². The average Bonchev–Trinajstić information content (AvgIpc) is 2.48. The Morgan fingerprint density at radius 1 is 1.15 bits per heavy atom. The van der Waals surface area contributed by atoms with Crippen molar-refractivity contribution in [2.75, 3.05) is 7.11 Å². The quantitative estimate of drug-likeness (QED) is 0.617. The molecule has 0 aliphatic rings. The fourth-order valence-corrected chi connectivity index (χ4v) is 1.90. The first-order valence-electron chi connectivity index (χ1n) is 5.78. The van der Waals surface area contributed by atoms with Gasteiger partial charge >= 0.3 is 5.97 Å². The third kappa shape index (κ3) is 3.38. The third-order valence-corrected chi connectivity index (χ3v) is 3.42. The summed E-state index contributed by atoms with van der Waals surface area (Å²) in [5.41, 5.74) is 1.93. The zero-order chi connectivity index (χ0) is 14.5. The number of carbonyl (C=O) groups excluding carboxylic acids is 1. The van der Waals surface area contributed by atoms with E-state index >= 15 is 0 Å². The van der Waals surface area contributed by atoms with Crippen LogP contribution in [0.15, 0.2) is 47.5 Å². The molecule has 0 aliphatic heterocycles. The van der Waals surface area contributed by atoms with Crippen LogP contribution in [0.2, 0.25) is 10.0 Å². The van der Waals surface area contributed by atoms with Crippen LogP contribution in [0.1, 0.15) is 15.9 Å². The largest absolute Gasteiger partial charge is 0.465 e. The molecule has 2 aromatic rings. The Balaban J connectivity index is 2.19. The van der Waals surface area contributed by atoms with E-state index in [0.717, 1.165) is 5.56 Å². The zero-order valence-corrected chi connectivity index (χ0v) is 12.2. The lowest BCUT2D eigenvalue weighted by Gasteiger charge is -2.01. The predicted molar refractivity (Wildman–Crippen MR) is 81.5 cm³/mol. The van der Waals surface area contributed by atoms with Crippen LogP contribution < -0.4 is 0 Å². The number of ether oxygens (including phenoxy) is 1. The summed E-state index contributed by atoms with van der Waals surface area (Å²) in [7, 11) is 1.35. The minimum atomic E-state index is -0.369. The molecule has 0 atom stereocenters. The molecule has 0 spiro atoms. The first-order valence-corrected chi connectivity index (χ1v) is 6.54. The minimum absolute atomic E-state index is 0.369. The molecule has 5 heteroatoms. The van der Waals surface area contributed by atoms with Crippen molar-refractivity contribution in [3.63, 3.8) is 0 Å². The van der Waals surface area contributed by atoms with Crippen molar-refractivity contribution in [3.8, 4) is 0 Å². The molecule has 3 nitrogen and oxygen atoms in total. The van der Waals surface area contributed by atoms with E-state index < -0.39 is 0 Å². The molecule has 0 amide bonds. The highest BCUT2D eigenvalue weighted by Crippen LogP contribution is 2.31. The van der Waals surface area contributed by atoms with Gasteiger partial charge in [-0.3, -0.25) is 4.99 Å². The normalized spacial score (nSPS) is 10.8. The number of nitrogens with zero attached hydrogens (tertiary/aromatic N) is 1. The number of hydrogen-bond acceptors (Lipinski definition) is 3. The maximum Gasteiger partial charge on any atom is 0.337 e. The third-order valence-electron chi connectivity index (χ3n) is 2.62. The topological polar surface area (TPSA) is 38.7 Å². The monoisotopic (exact) mass is 307 g/mol. The smallest absolute Gasteiger partial charge is 0.337 e. The van der Waals surface area contributed by atoms with E-state index in [9.17, 15) is 4.79 Å². The van der Waals surface area contributed by atoms with Gasteiger partial charge in [-0.25, -0.2) is 4.79 Å². The van der Waals surface area contributed by atoms with Crippen molar-refractivity contribution in [1.82, 2.24) is 0 Å². The lowest BCUT2D eigenvalue weighted by atomic mass is 10.1. The minimum Gasteiger partial charge on any atom is -0.465 e. The van der Waals surface area contributed by atoms with Gasteiger partial charge < -0.3 is 4.74 Å². The van der Waals surface area contributed by atoms with Gasteiger partial charge in [-0.2, -0.15) is 0 Å². The second kappa shape index (κ2) is 6.55. The Kier molecular flexibility index (Phi) is 4.77. The number of aliphatic imine (C=N–C) groups is 1. The molecule has 0 N–H and O–H groups in total. The zero-order valence-electron chi connectivity index (χ0n) is 10.6. The van der Waals surface area contributed by atoms with E-state index in [0.29, 0.717) is 21.3 Å². The second-order valence-electron chi connectivity index (χ2n) is 3.94. The number of rotatable bonds is 3. The molecule has 0 fully saturated rings. The summed E-state index contributed by atoms with van der Waals surface area (Å²) >= 11 is 11.9. The summed E-state index contributed by atoms with van der Waals surface area (Å²) < 4.78 is 4.63. The SMILES string of the molecule is COC(=O)c1ccc(C=Nc2cccc(Cl)c2Cl)cc1. The molecule has 0 bridgehead atoms. The molecule has 0 saturated carbocycles. The van der Waals surface area contributed by atoms with Crippen LogP contribution in [0, 0.1) is 0 Å². The fraction of sp³-hybridized carbons (Fsp3) is 0.0667. The van der Waals surface area contributed by atoms with E-state index in [-0.39, 0.29) is 5.97 Å². The summed E-state index contributed by atoms with van der Waals surface area (Å²) in [6.07, 6.45) is 1.65. The summed E-state index contributed by atoms with van der Waals surface area (Å²) in [5, 5.41) is 0.874. The van der Waals surface area contributed by atoms with Crippen LogP contribution >= 0.6 is 23.2 Å². The molecule has 102 valence electrons. The van der Waals surface area contributed by atoms with Gasteiger partial charge in [0.1, 0.15) is 0 Å². The van der Waals surface area contributed by atoms with Crippen LogP contribution in [-0.4, -0.2) is 19.3 Å². The van der Waals surface area contributed by atoms with E-state index in [4.69, 9.17) is 23.2 Å². The van der Waals surface area contributed by atoms with Crippen LogP contribution in [0.3, 0.4) is 0 Å². The maximum absolute atomic E-state index is 11.3. The first kappa shape index (κ1) is 14.6. The molecule has 0 radical (unpaired) electrons. The fourth-order valence-electron chi connectivity index (χ4n) is 1.56. The van der Waals surface area contributed by atoms with Crippen LogP contribution in [0.5, 0.6) is 0 Å². The van der Waals surface area contributed by atoms with Gasteiger partial charge in [0.05, 0.1) is 28.4 Å². The van der Waals surface area contributed by atoms with Gasteiger partial charge in [0.2, 0.25) is 0 Å². The Morgan fingerprint density at radius 2 is 1.85 bits per heavy atom. The number of benzene rings is 2. The van der Waals surface area contributed by atoms with Crippen LogP contribution in [0.4, 0.5) is 5.69 Å². The van der Waals surface area contributed by atoms with Crippen molar-refractivity contribution in [3.05, 3.63) is 63.6 Å². The number of esters is 1. The maximum atomic E-state index is 11.3. The molecule has 2 aromatic carbocycles. The molecule has 2 rings (SSSR count). The summed E-state index contributed by atoms with van der Waals surface area (Å²) in [6.45, 7) is 0. The van der Waals surface area contributed by atoms with Crippen molar-refractivity contribution >= 4 is 41.1 Å². The van der Waals surface area contributed by atoms with Gasteiger partial charge in [0, 0.05) is 6.21 Å². The number of hydrogen-bond donors (Lipinski definition) is 0. The second-order valence-corrected chi connectivity index (χ2v) is 4.73. The molecule has 0 unspecified atom stereocenters. The number of carbonyl (C=O) groups is 1. The van der Waals surface area contributed by atoms with Gasteiger partial charge in [-0.1, -0.05) is 41.4 Å². The van der Waals surface area contributed by atoms with E-state index in [1.165, 1.54) is 7.11 Å². The summed E-state index contributed by atoms with van der Waals surface area (Å²) in [6, 6.07) is 12.1. The standard InChI is InChI=1S/C15H11Cl2NO2/c1-20-15(19)11-7-5-10(6-8-11)9-18-13-4-2-3-12(16)14(13)17/h2-9H,1H3. The van der Waals surface area contributed by atoms with Crippen molar-refractivity contribution in [1.29, 1.82) is 0 Å². The molecule has 0 saturated heterocycles. The average molecular weight is 308 g/mol. The van der Waals surface area contributed by atoms with Gasteiger partial charge in [-0.15, -0.1) is 0 Å². The number of methoxy groups -OCH3 is 1. The molecule has 0 aliphatic carbocycles. The Bertz CT molecular complexity index is 651. The van der Waals surface area contributed by atoms with Gasteiger partial charge in [0.25, 0.3) is 0 Å². The highest BCUT2D eigenvalue weighted by molar-refractivity contribution is 6.43. The van der Waals surface area contributed by atoms with Gasteiger partial charge in [0.15, 0.2) is 0 Å². The lowest BCUT2D eigenvalue weighted by Crippen LogP contribution is -2.00. The van der Waals surface area contributed by atoms with E-state index in [1.54, 1.807) is 48.7 Å². The molecule has 0 heterocycles. The van der Waals surface area contributed by atoms with Crippen LogP contribution in [-0.2, 0) is 4.74 Å². The Morgan fingerprint density at radius 3 is 2.50 bits per heavy atom. The van der Waals surface area contributed by atoms with Crippen molar-refractivity contribution in [2.45, 2.75) is 0 Å². The van der Waals surface area contributed by atoms with Gasteiger partial charge in [-0.05, 0) is 29.8 Å². The molecule has 20 heavy (non-hydrogen) atoms. The predicted octanol–water partition coefficient (Wildman–Crippen LogP) is 4.53. The highest BCUT2D eigenvalue weighted by Gasteiger charge is 2.04. The van der Waals surface area contributed by atoms with Crippen molar-refractivity contribution < 1.29 is 9.53 Å². The first-order chi connectivity index (χ1) is 9.61. The van der Waals surface area contributed by atoms with E-state index in [2.05, 4.69) is 9.73 Å². The molecular weight excluding hydrogens is 297 g/mol.